The molecule has 0 heterocycles. The van der Waals surface area contributed by atoms with Gasteiger partial charge in [-0.3, -0.25) is 19.2 Å². The number of Topliss-reactive ketones (excluding diaryl/α,β-unsaturated/α-hetero) is 1. The molecule has 0 spiro atoms. The number of amides is 2. The van der Waals surface area contributed by atoms with Gasteiger partial charge < -0.3 is 15.4 Å². The molecule has 0 aliphatic heterocycles. The molecule has 1 aromatic rings. The van der Waals surface area contributed by atoms with Crippen molar-refractivity contribution < 1.29 is 23.9 Å². The van der Waals surface area contributed by atoms with Crippen LogP contribution in [-0.4, -0.2) is 36.7 Å². The van der Waals surface area contributed by atoms with E-state index in [1.807, 2.05) is 0 Å². The zero-order chi connectivity index (χ0) is 22.0. The maximum Gasteiger partial charge on any atom is 0.308 e. The first-order valence-corrected chi connectivity index (χ1v) is 11.2. The maximum absolute atomic E-state index is 12.9. The average molecular weight is 427 g/mol. The molecule has 7 heteroatoms. The predicted octanol–water partition coefficient (Wildman–Crippen LogP) is 3.09. The number of ether oxygens (including phenoxy) is 1. The van der Waals surface area contributed by atoms with Crippen molar-refractivity contribution >= 4 is 29.3 Å². The van der Waals surface area contributed by atoms with E-state index in [2.05, 4.69) is 10.6 Å². The van der Waals surface area contributed by atoms with Gasteiger partial charge in [-0.25, -0.2) is 0 Å². The fourth-order valence-corrected chi connectivity index (χ4v) is 6.06. The Morgan fingerprint density at radius 1 is 0.968 bits per heavy atom. The van der Waals surface area contributed by atoms with Gasteiger partial charge in [-0.05, 0) is 87.5 Å². The van der Waals surface area contributed by atoms with Gasteiger partial charge >= 0.3 is 5.97 Å². The molecule has 4 aliphatic rings. The molecule has 4 aliphatic carbocycles. The molecular formula is C24H30N2O5. The summed E-state index contributed by atoms with van der Waals surface area (Å²) in [6.07, 6.45) is 6.85. The number of esters is 1. The number of anilines is 1. The van der Waals surface area contributed by atoms with Crippen LogP contribution < -0.4 is 10.6 Å². The topological polar surface area (TPSA) is 102 Å². The Balaban J connectivity index is 1.16. The van der Waals surface area contributed by atoms with Crippen molar-refractivity contribution in [2.75, 3.05) is 18.5 Å². The molecule has 0 radical (unpaired) electrons. The first kappa shape index (κ1) is 21.5. The van der Waals surface area contributed by atoms with E-state index in [0.717, 1.165) is 19.3 Å². The summed E-state index contributed by atoms with van der Waals surface area (Å²) in [5.74, 6) is 1.14. The number of carbonyl (C=O) groups excluding carboxylic acids is 4. The second kappa shape index (κ2) is 8.81. The summed E-state index contributed by atoms with van der Waals surface area (Å²) in [5, 5.41) is 5.56. The summed E-state index contributed by atoms with van der Waals surface area (Å²) in [7, 11) is 0. The summed E-state index contributed by atoms with van der Waals surface area (Å²) in [5.41, 5.74) is 0.852. The molecule has 4 bridgehead atoms. The van der Waals surface area contributed by atoms with E-state index in [1.165, 1.54) is 26.2 Å². The Bertz CT molecular complexity index is 841. The lowest BCUT2D eigenvalue weighted by atomic mass is 9.49. The second-order valence-corrected chi connectivity index (χ2v) is 9.55. The van der Waals surface area contributed by atoms with Crippen molar-refractivity contribution in [1.29, 1.82) is 0 Å². The van der Waals surface area contributed by atoms with E-state index in [1.54, 1.807) is 24.3 Å². The predicted molar refractivity (Wildman–Crippen MR) is 114 cm³/mol. The minimum Gasteiger partial charge on any atom is -0.456 e. The van der Waals surface area contributed by atoms with Crippen LogP contribution in [0.25, 0.3) is 0 Å². The van der Waals surface area contributed by atoms with Crippen molar-refractivity contribution in [2.45, 2.75) is 51.9 Å². The number of rotatable bonds is 8. The zero-order valence-electron chi connectivity index (χ0n) is 17.9. The molecule has 4 fully saturated rings. The smallest absolute Gasteiger partial charge is 0.308 e. The van der Waals surface area contributed by atoms with Crippen LogP contribution in [0.5, 0.6) is 0 Å². The molecule has 0 unspecified atom stereocenters. The van der Waals surface area contributed by atoms with Crippen molar-refractivity contribution in [3.8, 4) is 0 Å². The Labute approximate surface area is 182 Å². The SMILES string of the molecule is CC(=O)c1ccc(NC(=O)COC(=O)CCNC(=O)C23CC4CC(CC(C4)C2)C3)cc1. The lowest BCUT2D eigenvalue weighted by molar-refractivity contribution is -0.148. The van der Waals surface area contributed by atoms with Crippen molar-refractivity contribution in [1.82, 2.24) is 5.32 Å². The number of benzene rings is 1. The molecule has 5 rings (SSSR count). The highest BCUT2D eigenvalue weighted by Gasteiger charge is 2.54. The monoisotopic (exact) mass is 426 g/mol. The fourth-order valence-electron chi connectivity index (χ4n) is 6.06. The van der Waals surface area contributed by atoms with E-state index in [4.69, 9.17) is 4.74 Å². The molecule has 166 valence electrons. The fraction of sp³-hybridized carbons (Fsp3) is 0.583. The Morgan fingerprint density at radius 3 is 2.10 bits per heavy atom. The average Bonchev–Trinajstić information content (AvgIpc) is 2.71. The molecule has 31 heavy (non-hydrogen) atoms. The third-order valence-electron chi connectivity index (χ3n) is 7.07. The van der Waals surface area contributed by atoms with Crippen LogP contribution in [0.15, 0.2) is 24.3 Å². The van der Waals surface area contributed by atoms with Crippen molar-refractivity contribution in [3.05, 3.63) is 29.8 Å². The lowest BCUT2D eigenvalue weighted by Crippen LogP contribution is -2.53. The number of hydrogen-bond acceptors (Lipinski definition) is 5. The van der Waals surface area contributed by atoms with Crippen LogP contribution in [0.1, 0.15) is 62.2 Å². The Hall–Kier alpha value is -2.70. The molecule has 0 saturated heterocycles. The van der Waals surface area contributed by atoms with Gasteiger partial charge in [0.05, 0.1) is 6.42 Å². The highest BCUT2D eigenvalue weighted by Crippen LogP contribution is 2.60. The van der Waals surface area contributed by atoms with Gasteiger partial charge in [0.2, 0.25) is 5.91 Å². The number of carbonyl (C=O) groups is 4. The second-order valence-electron chi connectivity index (χ2n) is 9.55. The van der Waals surface area contributed by atoms with E-state index in [9.17, 15) is 19.2 Å². The minimum atomic E-state index is -0.520. The van der Waals surface area contributed by atoms with Gasteiger partial charge in [-0.15, -0.1) is 0 Å². The molecule has 2 amide bonds. The lowest BCUT2D eigenvalue weighted by Gasteiger charge is -2.55. The van der Waals surface area contributed by atoms with Gasteiger partial charge in [0.15, 0.2) is 12.4 Å². The summed E-state index contributed by atoms with van der Waals surface area (Å²) in [6.45, 7) is 1.31. The Kier molecular flexibility index (Phi) is 6.12. The van der Waals surface area contributed by atoms with Crippen LogP contribution >= 0.6 is 0 Å². The van der Waals surface area contributed by atoms with Crippen LogP contribution in [0.2, 0.25) is 0 Å². The summed E-state index contributed by atoms with van der Waals surface area (Å²) < 4.78 is 5.01. The number of hydrogen-bond donors (Lipinski definition) is 2. The molecule has 4 saturated carbocycles. The molecule has 0 aromatic heterocycles. The summed E-state index contributed by atoms with van der Waals surface area (Å²) in [6, 6.07) is 6.49. The summed E-state index contributed by atoms with van der Waals surface area (Å²) >= 11 is 0. The van der Waals surface area contributed by atoms with E-state index < -0.39 is 18.5 Å². The number of ketones is 1. The van der Waals surface area contributed by atoms with Gasteiger partial charge in [-0.1, -0.05) is 0 Å². The van der Waals surface area contributed by atoms with Crippen LogP contribution in [0, 0.1) is 23.2 Å². The normalized spacial score (nSPS) is 28.1. The third-order valence-corrected chi connectivity index (χ3v) is 7.07. The standard InChI is InChI=1S/C24H30N2O5/c1-15(27)19-2-4-20(5-3-19)26-21(28)14-31-22(29)6-7-25-23(30)24-11-16-8-17(12-24)10-18(9-16)13-24/h2-5,16-18H,6-14H2,1H3,(H,25,30)(H,26,28). The van der Waals surface area contributed by atoms with E-state index >= 15 is 0 Å². The highest BCUT2D eigenvalue weighted by molar-refractivity contribution is 5.96. The van der Waals surface area contributed by atoms with E-state index in [0.29, 0.717) is 29.0 Å². The van der Waals surface area contributed by atoms with Gasteiger partial charge in [0.25, 0.3) is 5.91 Å². The summed E-state index contributed by atoms with van der Waals surface area (Å²) in [4.78, 5) is 48.0. The van der Waals surface area contributed by atoms with E-state index in [-0.39, 0.29) is 30.1 Å². The Morgan fingerprint density at radius 2 is 1.55 bits per heavy atom. The highest BCUT2D eigenvalue weighted by atomic mass is 16.5. The van der Waals surface area contributed by atoms with Crippen molar-refractivity contribution in [2.24, 2.45) is 23.2 Å². The largest absolute Gasteiger partial charge is 0.456 e. The van der Waals surface area contributed by atoms with Crippen LogP contribution in [0.3, 0.4) is 0 Å². The number of nitrogens with one attached hydrogen (secondary N) is 2. The van der Waals surface area contributed by atoms with Crippen molar-refractivity contribution in [3.63, 3.8) is 0 Å². The molecule has 7 nitrogen and oxygen atoms in total. The van der Waals surface area contributed by atoms with Crippen LogP contribution in [0.4, 0.5) is 5.69 Å². The quantitative estimate of drug-likeness (QED) is 0.491. The first-order chi connectivity index (χ1) is 14.8. The zero-order valence-corrected chi connectivity index (χ0v) is 17.9. The third kappa shape index (κ3) is 4.97. The minimum absolute atomic E-state index is 0.0404. The molecule has 0 atom stereocenters. The molecule has 1 aromatic carbocycles. The van der Waals surface area contributed by atoms with Gasteiger partial charge in [0, 0.05) is 23.2 Å². The maximum atomic E-state index is 12.9. The molecular weight excluding hydrogens is 396 g/mol. The first-order valence-electron chi connectivity index (χ1n) is 11.2. The van der Waals surface area contributed by atoms with Crippen LogP contribution in [-0.2, 0) is 19.1 Å². The molecule has 2 N–H and O–H groups in total. The van der Waals surface area contributed by atoms with Gasteiger partial charge in [0.1, 0.15) is 0 Å². The van der Waals surface area contributed by atoms with Gasteiger partial charge in [-0.2, -0.15) is 0 Å².